The van der Waals surface area contributed by atoms with E-state index in [9.17, 15) is 27.9 Å². The number of ether oxygens (including phenoxy) is 1. The zero-order valence-electron chi connectivity index (χ0n) is 17.2. The fourth-order valence-corrected chi connectivity index (χ4v) is 4.98. The highest BCUT2D eigenvalue weighted by atomic mass is 32.1. The van der Waals surface area contributed by atoms with Crippen LogP contribution in [0.3, 0.4) is 0 Å². The Balaban J connectivity index is 1.50. The number of hydrogen-bond donors (Lipinski definition) is 1. The number of aromatic nitrogens is 3. The molecule has 2 aliphatic heterocycles. The first-order valence-corrected chi connectivity index (χ1v) is 10.9. The molecule has 3 aromatic rings. The summed E-state index contributed by atoms with van der Waals surface area (Å²) in [5.41, 5.74) is -1.02. The van der Waals surface area contributed by atoms with Crippen LogP contribution in [0.15, 0.2) is 23.1 Å². The lowest BCUT2D eigenvalue weighted by molar-refractivity contribution is -0.112. The summed E-state index contributed by atoms with van der Waals surface area (Å²) in [6.45, 7) is 2.59. The fraction of sp³-hybridized carbons (Fsp3) is 0.333. The summed E-state index contributed by atoms with van der Waals surface area (Å²) in [6, 6.07) is 1.83. The van der Waals surface area contributed by atoms with Crippen LogP contribution in [0.1, 0.15) is 34.4 Å². The van der Waals surface area contributed by atoms with E-state index < -0.39 is 40.8 Å². The van der Waals surface area contributed by atoms with Gasteiger partial charge in [-0.15, -0.1) is 10.2 Å². The van der Waals surface area contributed by atoms with Gasteiger partial charge in [-0.2, -0.15) is 0 Å². The summed E-state index contributed by atoms with van der Waals surface area (Å²) in [6.07, 6.45) is 1.37. The lowest BCUT2D eigenvalue weighted by Crippen LogP contribution is -2.56. The van der Waals surface area contributed by atoms with Crippen LogP contribution in [0.2, 0.25) is 0 Å². The quantitative estimate of drug-likeness (QED) is 0.582. The maximum absolute atomic E-state index is 14.0. The summed E-state index contributed by atoms with van der Waals surface area (Å²) < 4.78 is 47.8. The Morgan fingerprint density at radius 3 is 2.79 bits per heavy atom. The van der Waals surface area contributed by atoms with E-state index >= 15 is 0 Å². The highest BCUT2D eigenvalue weighted by Crippen LogP contribution is 2.32. The Morgan fingerprint density at radius 2 is 2.00 bits per heavy atom. The van der Waals surface area contributed by atoms with Crippen LogP contribution in [-0.2, 0) is 17.7 Å². The van der Waals surface area contributed by atoms with Crippen molar-refractivity contribution in [2.75, 3.05) is 6.61 Å². The summed E-state index contributed by atoms with van der Waals surface area (Å²) in [7, 11) is 0. The van der Waals surface area contributed by atoms with Crippen molar-refractivity contribution in [2.24, 2.45) is 0 Å². The Kier molecular flexibility index (Phi) is 5.20. The maximum Gasteiger partial charge on any atom is 0.276 e. The second-order valence-electron chi connectivity index (χ2n) is 7.91. The number of amides is 1. The third kappa shape index (κ3) is 3.49. The molecule has 1 saturated heterocycles. The Bertz CT molecular complexity index is 1340. The standard InChI is InChI=1S/C21H17F3N4O4S/c1-9-4-5-32-14-8-27-7-11(18(29)19(30)17(27)21(31)28(9)14)20-26-25-13(33-20)6-10-2-3-12(22)16(24)15(10)23/h2-3,7,9,14,30H,4-6,8H2,1H3/t9-,14+/m1/s1. The summed E-state index contributed by atoms with van der Waals surface area (Å²) in [5, 5.41) is 18.8. The number of hydrogen-bond acceptors (Lipinski definition) is 7. The molecular formula is C21H17F3N4O4S. The summed E-state index contributed by atoms with van der Waals surface area (Å²) in [5.74, 6) is -5.38. The van der Waals surface area contributed by atoms with Crippen molar-refractivity contribution >= 4 is 17.2 Å². The van der Waals surface area contributed by atoms with Gasteiger partial charge in [0.25, 0.3) is 5.91 Å². The number of carbonyl (C=O) groups is 1. The molecule has 4 heterocycles. The molecule has 0 radical (unpaired) electrons. The van der Waals surface area contributed by atoms with Crippen LogP contribution in [0.4, 0.5) is 13.2 Å². The molecule has 0 aliphatic carbocycles. The normalized spacial score (nSPS) is 20.0. The molecule has 12 heteroatoms. The number of halogens is 3. The van der Waals surface area contributed by atoms with E-state index in [1.165, 1.54) is 15.7 Å². The zero-order valence-corrected chi connectivity index (χ0v) is 18.0. The highest BCUT2D eigenvalue weighted by molar-refractivity contribution is 7.14. The molecular weight excluding hydrogens is 461 g/mol. The predicted octanol–water partition coefficient (Wildman–Crippen LogP) is 2.67. The van der Waals surface area contributed by atoms with E-state index in [4.69, 9.17) is 4.74 Å². The minimum atomic E-state index is -1.58. The van der Waals surface area contributed by atoms with Gasteiger partial charge in [0.2, 0.25) is 5.43 Å². The van der Waals surface area contributed by atoms with Gasteiger partial charge in [-0.3, -0.25) is 9.59 Å². The van der Waals surface area contributed by atoms with Crippen LogP contribution in [0.5, 0.6) is 5.75 Å². The molecule has 1 fully saturated rings. The van der Waals surface area contributed by atoms with Crippen molar-refractivity contribution in [1.82, 2.24) is 19.7 Å². The minimum Gasteiger partial charge on any atom is -0.503 e. The van der Waals surface area contributed by atoms with Crippen molar-refractivity contribution in [2.45, 2.75) is 38.6 Å². The second kappa shape index (κ2) is 7.96. The molecule has 5 rings (SSSR count). The number of pyridine rings is 1. The number of fused-ring (bicyclic) bond motifs is 2. The molecule has 33 heavy (non-hydrogen) atoms. The van der Waals surface area contributed by atoms with E-state index in [1.54, 1.807) is 0 Å². The van der Waals surface area contributed by atoms with E-state index in [0.717, 1.165) is 23.5 Å². The number of nitrogens with zero attached hydrogens (tertiary/aromatic N) is 4. The molecule has 2 aliphatic rings. The molecule has 172 valence electrons. The largest absolute Gasteiger partial charge is 0.503 e. The van der Waals surface area contributed by atoms with E-state index in [1.807, 2.05) is 6.92 Å². The van der Waals surface area contributed by atoms with Crippen LogP contribution in [-0.4, -0.2) is 49.6 Å². The number of rotatable bonds is 3. The molecule has 2 aromatic heterocycles. The van der Waals surface area contributed by atoms with E-state index in [0.29, 0.717) is 13.0 Å². The predicted molar refractivity (Wildman–Crippen MR) is 110 cm³/mol. The minimum absolute atomic E-state index is 0.0101. The topological polar surface area (TPSA) is 97.5 Å². The third-order valence-electron chi connectivity index (χ3n) is 5.83. The maximum atomic E-state index is 14.0. The molecule has 8 nitrogen and oxygen atoms in total. The highest BCUT2D eigenvalue weighted by Gasteiger charge is 2.40. The van der Waals surface area contributed by atoms with E-state index in [2.05, 4.69) is 10.2 Å². The molecule has 1 N–H and O–H groups in total. The molecule has 1 amide bonds. The van der Waals surface area contributed by atoms with Crippen molar-refractivity contribution < 1.29 is 27.8 Å². The van der Waals surface area contributed by atoms with Gasteiger partial charge < -0.3 is 19.3 Å². The number of carbonyl (C=O) groups excluding carboxylic acids is 1. The van der Waals surface area contributed by atoms with Crippen LogP contribution in [0, 0.1) is 17.5 Å². The second-order valence-corrected chi connectivity index (χ2v) is 8.97. The molecule has 1 aromatic carbocycles. The van der Waals surface area contributed by atoms with Gasteiger partial charge in [0.05, 0.1) is 18.7 Å². The molecule has 2 atom stereocenters. The van der Waals surface area contributed by atoms with Gasteiger partial charge in [-0.25, -0.2) is 13.2 Å². The summed E-state index contributed by atoms with van der Waals surface area (Å²) in [4.78, 5) is 27.4. The Hall–Kier alpha value is -3.25. The lowest BCUT2D eigenvalue weighted by Gasteiger charge is -2.44. The van der Waals surface area contributed by atoms with Crippen molar-refractivity contribution in [3.05, 3.63) is 62.3 Å². The fourth-order valence-electron chi connectivity index (χ4n) is 4.11. The average Bonchev–Trinajstić information content (AvgIpc) is 3.25. The number of aromatic hydroxyl groups is 1. The lowest BCUT2D eigenvalue weighted by atomic mass is 10.1. The Morgan fingerprint density at radius 1 is 1.21 bits per heavy atom. The van der Waals surface area contributed by atoms with Crippen molar-refractivity contribution in [3.8, 4) is 16.3 Å². The number of benzene rings is 1. The molecule has 0 spiro atoms. The van der Waals surface area contributed by atoms with Gasteiger partial charge in [-0.1, -0.05) is 17.4 Å². The van der Waals surface area contributed by atoms with Gasteiger partial charge in [0.1, 0.15) is 5.01 Å². The molecule has 0 saturated carbocycles. The first-order valence-electron chi connectivity index (χ1n) is 10.1. The van der Waals surface area contributed by atoms with Gasteiger partial charge in [-0.05, 0) is 25.0 Å². The molecule has 0 unspecified atom stereocenters. The van der Waals surface area contributed by atoms with Gasteiger partial charge in [0, 0.05) is 18.7 Å². The van der Waals surface area contributed by atoms with Gasteiger partial charge >= 0.3 is 0 Å². The van der Waals surface area contributed by atoms with Crippen LogP contribution < -0.4 is 5.43 Å². The van der Waals surface area contributed by atoms with Crippen molar-refractivity contribution in [1.29, 1.82) is 0 Å². The van der Waals surface area contributed by atoms with Crippen LogP contribution >= 0.6 is 11.3 Å². The average molecular weight is 478 g/mol. The smallest absolute Gasteiger partial charge is 0.276 e. The van der Waals surface area contributed by atoms with Gasteiger partial charge in [0.15, 0.2) is 40.1 Å². The first kappa shape index (κ1) is 21.6. The Labute approximate surface area is 188 Å². The molecule has 0 bridgehead atoms. The van der Waals surface area contributed by atoms with Crippen LogP contribution in [0.25, 0.3) is 10.6 Å². The first-order chi connectivity index (χ1) is 15.8. The SMILES string of the molecule is C[C@@H]1CCO[C@H]2Cn3cc(-c4nnc(Cc5ccc(F)c(F)c5F)s4)c(=O)c(O)c3C(=O)N12. The monoisotopic (exact) mass is 478 g/mol. The summed E-state index contributed by atoms with van der Waals surface area (Å²) >= 11 is 0.941. The van der Waals surface area contributed by atoms with E-state index in [-0.39, 0.29) is 45.8 Å². The third-order valence-corrected chi connectivity index (χ3v) is 6.79. The van der Waals surface area contributed by atoms with Crippen molar-refractivity contribution in [3.63, 3.8) is 0 Å². The zero-order chi connectivity index (χ0) is 23.4.